The number of aromatic hydroxyl groups is 1. The van der Waals surface area contributed by atoms with E-state index < -0.39 is 0 Å². The van der Waals surface area contributed by atoms with Crippen molar-refractivity contribution in [3.05, 3.63) is 23.3 Å². The molecule has 3 nitrogen and oxygen atoms in total. The van der Waals surface area contributed by atoms with Crippen LogP contribution >= 0.6 is 0 Å². The van der Waals surface area contributed by atoms with Crippen LogP contribution in [0.25, 0.3) is 0 Å². The molecule has 0 heterocycles. The summed E-state index contributed by atoms with van der Waals surface area (Å²) in [5.41, 5.74) is 1.71. The van der Waals surface area contributed by atoms with E-state index in [2.05, 4.69) is 4.99 Å². The van der Waals surface area contributed by atoms with Gasteiger partial charge in [-0.3, -0.25) is 4.99 Å². The predicted octanol–water partition coefficient (Wildman–Crippen LogP) is 1.76. The second-order valence-corrected chi connectivity index (χ2v) is 2.79. The molecule has 0 spiro atoms. The van der Waals surface area contributed by atoms with E-state index in [-0.39, 0.29) is 5.75 Å². The number of aryl methyl sites for hydroxylation is 1. The maximum Gasteiger partial charge on any atom is 0.166 e. The number of phenolic OH excluding ortho intramolecular Hbond substituents is 1. The molecular weight excluding hydrogens is 166 g/mol. The van der Waals surface area contributed by atoms with Crippen molar-refractivity contribution in [3.63, 3.8) is 0 Å². The average Bonchev–Trinajstić information content (AvgIpc) is 2.11. The third kappa shape index (κ3) is 1.99. The van der Waals surface area contributed by atoms with Gasteiger partial charge in [0, 0.05) is 18.8 Å². The molecule has 13 heavy (non-hydrogen) atoms. The van der Waals surface area contributed by atoms with Crippen molar-refractivity contribution in [2.45, 2.75) is 6.92 Å². The molecule has 0 bridgehead atoms. The maximum atomic E-state index is 9.63. The Morgan fingerprint density at radius 1 is 1.46 bits per heavy atom. The highest BCUT2D eigenvalue weighted by atomic mass is 16.5. The monoisotopic (exact) mass is 179 g/mol. The number of benzene rings is 1. The Morgan fingerprint density at radius 3 is 2.69 bits per heavy atom. The molecule has 0 amide bonds. The molecule has 0 atom stereocenters. The average molecular weight is 179 g/mol. The number of hydrogen-bond donors (Lipinski definition) is 1. The van der Waals surface area contributed by atoms with E-state index in [0.29, 0.717) is 11.3 Å². The topological polar surface area (TPSA) is 41.8 Å². The van der Waals surface area contributed by atoms with Gasteiger partial charge in [0.1, 0.15) is 0 Å². The highest BCUT2D eigenvalue weighted by molar-refractivity contribution is 5.85. The van der Waals surface area contributed by atoms with Gasteiger partial charge in [0.2, 0.25) is 0 Å². The Labute approximate surface area is 77.7 Å². The fourth-order valence-electron chi connectivity index (χ4n) is 1.17. The van der Waals surface area contributed by atoms with Gasteiger partial charge in [-0.25, -0.2) is 0 Å². The zero-order chi connectivity index (χ0) is 9.84. The number of nitrogens with zero attached hydrogens (tertiary/aromatic N) is 1. The molecule has 1 aromatic carbocycles. The first-order valence-corrected chi connectivity index (χ1v) is 3.98. The highest BCUT2D eigenvalue weighted by Gasteiger charge is 2.06. The summed E-state index contributed by atoms with van der Waals surface area (Å²) in [7, 11) is 3.19. The van der Waals surface area contributed by atoms with Gasteiger partial charge in [-0.1, -0.05) is 0 Å². The number of phenols is 1. The molecule has 0 aliphatic carbocycles. The van der Waals surface area contributed by atoms with Crippen LogP contribution in [0.1, 0.15) is 11.1 Å². The number of methoxy groups -OCH3 is 1. The van der Waals surface area contributed by atoms with Gasteiger partial charge in [0.25, 0.3) is 0 Å². The zero-order valence-corrected chi connectivity index (χ0v) is 8.03. The van der Waals surface area contributed by atoms with Crippen molar-refractivity contribution >= 4 is 6.21 Å². The Hall–Kier alpha value is -1.51. The standard InChI is InChI=1S/C10H13NO2/c1-7-4-8(6-11-2)10(12)9(5-7)13-3/h4-6,12H,1-3H3. The molecule has 1 aromatic rings. The second kappa shape index (κ2) is 3.94. The highest BCUT2D eigenvalue weighted by Crippen LogP contribution is 2.29. The Morgan fingerprint density at radius 2 is 2.15 bits per heavy atom. The number of rotatable bonds is 2. The quantitative estimate of drug-likeness (QED) is 0.703. The fourth-order valence-corrected chi connectivity index (χ4v) is 1.17. The molecule has 0 saturated carbocycles. The predicted molar refractivity (Wildman–Crippen MR) is 52.9 cm³/mol. The lowest BCUT2D eigenvalue weighted by Crippen LogP contribution is -1.90. The van der Waals surface area contributed by atoms with Crippen LogP contribution in [0.15, 0.2) is 17.1 Å². The first kappa shape index (κ1) is 9.58. The van der Waals surface area contributed by atoms with Gasteiger partial charge in [0.05, 0.1) is 7.11 Å². The fraction of sp³-hybridized carbons (Fsp3) is 0.300. The molecule has 0 unspecified atom stereocenters. The molecule has 0 fully saturated rings. The van der Waals surface area contributed by atoms with Crippen LogP contribution in [0.4, 0.5) is 0 Å². The summed E-state index contributed by atoms with van der Waals surface area (Å²) in [6.45, 7) is 1.94. The number of hydrogen-bond acceptors (Lipinski definition) is 3. The van der Waals surface area contributed by atoms with Crippen molar-refractivity contribution in [1.29, 1.82) is 0 Å². The Kier molecular flexibility index (Phi) is 2.90. The summed E-state index contributed by atoms with van der Waals surface area (Å²) in [5, 5.41) is 9.63. The van der Waals surface area contributed by atoms with E-state index in [0.717, 1.165) is 5.56 Å². The minimum Gasteiger partial charge on any atom is -0.504 e. The largest absolute Gasteiger partial charge is 0.504 e. The molecule has 0 radical (unpaired) electrons. The Bertz CT molecular complexity index is 332. The third-order valence-electron chi connectivity index (χ3n) is 1.74. The number of aliphatic imine (C=N–C) groups is 1. The van der Waals surface area contributed by atoms with E-state index in [1.54, 1.807) is 19.3 Å². The van der Waals surface area contributed by atoms with E-state index in [1.807, 2.05) is 13.0 Å². The van der Waals surface area contributed by atoms with Gasteiger partial charge >= 0.3 is 0 Å². The van der Waals surface area contributed by atoms with Crippen LogP contribution in [0.2, 0.25) is 0 Å². The summed E-state index contributed by atoms with van der Waals surface area (Å²) in [6, 6.07) is 3.63. The number of ether oxygens (including phenoxy) is 1. The van der Waals surface area contributed by atoms with Crippen molar-refractivity contribution in [3.8, 4) is 11.5 Å². The van der Waals surface area contributed by atoms with E-state index in [9.17, 15) is 5.11 Å². The normalized spacial score (nSPS) is 10.7. The Balaban J connectivity index is 3.26. The molecule has 70 valence electrons. The zero-order valence-electron chi connectivity index (χ0n) is 8.03. The van der Waals surface area contributed by atoms with Crippen LogP contribution in [-0.4, -0.2) is 25.5 Å². The van der Waals surface area contributed by atoms with Gasteiger partial charge in [-0.2, -0.15) is 0 Å². The van der Waals surface area contributed by atoms with Crippen molar-refractivity contribution in [1.82, 2.24) is 0 Å². The maximum absolute atomic E-state index is 9.63. The van der Waals surface area contributed by atoms with Gasteiger partial charge < -0.3 is 9.84 Å². The van der Waals surface area contributed by atoms with Crippen LogP contribution in [0.5, 0.6) is 11.5 Å². The smallest absolute Gasteiger partial charge is 0.166 e. The van der Waals surface area contributed by atoms with Crippen LogP contribution in [-0.2, 0) is 0 Å². The summed E-state index contributed by atoms with van der Waals surface area (Å²) >= 11 is 0. The van der Waals surface area contributed by atoms with Crippen LogP contribution in [0.3, 0.4) is 0 Å². The van der Waals surface area contributed by atoms with E-state index >= 15 is 0 Å². The lowest BCUT2D eigenvalue weighted by molar-refractivity contribution is 0.373. The summed E-state index contributed by atoms with van der Waals surface area (Å²) in [4.78, 5) is 3.84. The SMILES string of the molecule is CN=Cc1cc(C)cc(OC)c1O. The summed E-state index contributed by atoms with van der Waals surface area (Å²) in [5.74, 6) is 0.619. The van der Waals surface area contributed by atoms with Crippen molar-refractivity contribution in [2.24, 2.45) is 4.99 Å². The van der Waals surface area contributed by atoms with Crippen molar-refractivity contribution in [2.75, 3.05) is 14.2 Å². The minimum atomic E-state index is 0.138. The lowest BCUT2D eigenvalue weighted by Gasteiger charge is -2.06. The van der Waals surface area contributed by atoms with Gasteiger partial charge in [-0.05, 0) is 24.6 Å². The van der Waals surface area contributed by atoms with Gasteiger partial charge in [0.15, 0.2) is 11.5 Å². The summed E-state index contributed by atoms with van der Waals surface area (Å²) < 4.78 is 5.00. The summed E-state index contributed by atoms with van der Waals surface area (Å²) in [6.07, 6.45) is 1.60. The molecule has 0 aliphatic rings. The molecule has 0 aliphatic heterocycles. The molecule has 3 heteroatoms. The van der Waals surface area contributed by atoms with Crippen LogP contribution < -0.4 is 4.74 Å². The third-order valence-corrected chi connectivity index (χ3v) is 1.74. The lowest BCUT2D eigenvalue weighted by atomic mass is 10.1. The minimum absolute atomic E-state index is 0.138. The molecular formula is C10H13NO2. The first-order chi connectivity index (χ1) is 6.19. The molecule has 0 saturated heterocycles. The molecule has 1 rings (SSSR count). The van der Waals surface area contributed by atoms with Crippen molar-refractivity contribution < 1.29 is 9.84 Å². The first-order valence-electron chi connectivity index (χ1n) is 3.98. The van der Waals surface area contributed by atoms with E-state index in [1.165, 1.54) is 7.11 Å². The van der Waals surface area contributed by atoms with Crippen LogP contribution in [0, 0.1) is 6.92 Å². The molecule has 0 aromatic heterocycles. The second-order valence-electron chi connectivity index (χ2n) is 2.79. The van der Waals surface area contributed by atoms with Gasteiger partial charge in [-0.15, -0.1) is 0 Å². The molecule has 1 N–H and O–H groups in total. The van der Waals surface area contributed by atoms with E-state index in [4.69, 9.17) is 4.74 Å².